The van der Waals surface area contributed by atoms with Crippen molar-refractivity contribution in [1.82, 2.24) is 5.32 Å². The van der Waals surface area contributed by atoms with Crippen molar-refractivity contribution in [3.05, 3.63) is 28.8 Å². The fourth-order valence-electron chi connectivity index (χ4n) is 1.58. The van der Waals surface area contributed by atoms with E-state index in [0.717, 1.165) is 13.0 Å². The largest absolute Gasteiger partial charge is 0.434 e. The van der Waals surface area contributed by atoms with E-state index in [1.165, 1.54) is 12.1 Å². The van der Waals surface area contributed by atoms with Crippen LogP contribution in [0.2, 0.25) is 5.02 Å². The highest BCUT2D eigenvalue weighted by molar-refractivity contribution is 6.30. The summed E-state index contributed by atoms with van der Waals surface area (Å²) in [6, 6.07) is 4.65. The van der Waals surface area contributed by atoms with E-state index in [9.17, 15) is 8.78 Å². The molecule has 0 spiro atoms. The third-order valence-electron chi connectivity index (χ3n) is 2.61. The summed E-state index contributed by atoms with van der Waals surface area (Å²) in [5.41, 5.74) is 0.880. The van der Waals surface area contributed by atoms with Crippen molar-refractivity contribution < 1.29 is 13.5 Å². The van der Waals surface area contributed by atoms with Crippen molar-refractivity contribution >= 4 is 11.6 Å². The molecule has 0 aliphatic rings. The topological polar surface area (TPSA) is 21.3 Å². The van der Waals surface area contributed by atoms with Crippen LogP contribution in [0.4, 0.5) is 8.78 Å². The van der Waals surface area contributed by atoms with Gasteiger partial charge in [0.25, 0.3) is 0 Å². The molecule has 0 radical (unpaired) electrons. The van der Waals surface area contributed by atoms with Gasteiger partial charge in [-0.1, -0.05) is 32.4 Å². The maximum Gasteiger partial charge on any atom is 0.387 e. The zero-order valence-electron chi connectivity index (χ0n) is 11.5. The summed E-state index contributed by atoms with van der Waals surface area (Å²) in [7, 11) is 0. The highest BCUT2D eigenvalue weighted by atomic mass is 35.5. The number of alkyl halides is 2. The summed E-state index contributed by atoms with van der Waals surface area (Å²) in [6.07, 6.45) is 0.999. The molecule has 1 aromatic carbocycles. The SMILES string of the molecule is CC(C)(C)CCNCc1cc(Cl)ccc1OC(F)F. The highest BCUT2D eigenvalue weighted by Gasteiger charge is 2.12. The smallest absolute Gasteiger partial charge is 0.387 e. The number of rotatable bonds is 6. The van der Waals surface area contributed by atoms with Gasteiger partial charge in [0.05, 0.1) is 0 Å². The van der Waals surface area contributed by atoms with Crippen molar-refractivity contribution in [2.45, 2.75) is 40.3 Å². The summed E-state index contributed by atoms with van der Waals surface area (Å²) < 4.78 is 29.0. The van der Waals surface area contributed by atoms with Crippen LogP contribution in [0, 0.1) is 5.41 Å². The second kappa shape index (κ2) is 7.06. The van der Waals surface area contributed by atoms with Crippen molar-refractivity contribution in [2.75, 3.05) is 6.54 Å². The van der Waals surface area contributed by atoms with Crippen molar-refractivity contribution in [3.8, 4) is 5.75 Å². The van der Waals surface area contributed by atoms with Crippen LogP contribution in [0.5, 0.6) is 5.75 Å². The molecular weight excluding hydrogens is 272 g/mol. The minimum atomic E-state index is -2.82. The van der Waals surface area contributed by atoms with Gasteiger partial charge in [0, 0.05) is 17.1 Å². The van der Waals surface area contributed by atoms with E-state index in [1.54, 1.807) is 6.07 Å². The van der Waals surface area contributed by atoms with E-state index in [-0.39, 0.29) is 11.2 Å². The molecule has 0 unspecified atom stereocenters. The molecule has 108 valence electrons. The van der Waals surface area contributed by atoms with E-state index in [2.05, 4.69) is 30.8 Å². The van der Waals surface area contributed by atoms with Gasteiger partial charge in [-0.15, -0.1) is 0 Å². The second-order valence-corrected chi connectivity index (χ2v) is 6.05. The first-order valence-electron chi connectivity index (χ1n) is 6.22. The summed E-state index contributed by atoms with van der Waals surface area (Å²) in [5, 5.41) is 3.72. The molecule has 0 saturated carbocycles. The molecule has 1 rings (SSSR count). The summed E-state index contributed by atoms with van der Waals surface area (Å²) in [5.74, 6) is 0.169. The Hall–Kier alpha value is -0.870. The Labute approximate surface area is 118 Å². The average Bonchev–Trinajstić information content (AvgIpc) is 2.26. The van der Waals surface area contributed by atoms with Crippen molar-refractivity contribution in [1.29, 1.82) is 0 Å². The fraction of sp³-hybridized carbons (Fsp3) is 0.571. The van der Waals surface area contributed by atoms with Crippen molar-refractivity contribution in [3.63, 3.8) is 0 Å². The van der Waals surface area contributed by atoms with Gasteiger partial charge in [-0.2, -0.15) is 8.78 Å². The molecule has 1 aromatic rings. The lowest BCUT2D eigenvalue weighted by atomic mass is 9.92. The summed E-state index contributed by atoms with van der Waals surface area (Å²) >= 11 is 5.87. The number of ether oxygens (including phenoxy) is 1. The van der Waals surface area contributed by atoms with Crippen LogP contribution in [-0.4, -0.2) is 13.2 Å². The predicted molar refractivity (Wildman–Crippen MR) is 73.9 cm³/mol. The van der Waals surface area contributed by atoms with Gasteiger partial charge in [0.1, 0.15) is 5.75 Å². The maximum absolute atomic E-state index is 12.3. The molecule has 0 fully saturated rings. The molecule has 0 heterocycles. The van der Waals surface area contributed by atoms with Gasteiger partial charge in [-0.3, -0.25) is 0 Å². The molecule has 0 aromatic heterocycles. The number of benzene rings is 1. The first-order valence-corrected chi connectivity index (χ1v) is 6.60. The molecule has 0 saturated heterocycles. The lowest BCUT2D eigenvalue weighted by Crippen LogP contribution is -2.20. The molecule has 2 nitrogen and oxygen atoms in total. The highest BCUT2D eigenvalue weighted by Crippen LogP contribution is 2.24. The van der Waals surface area contributed by atoms with E-state index < -0.39 is 6.61 Å². The third-order valence-corrected chi connectivity index (χ3v) is 2.84. The Bertz CT molecular complexity index is 405. The van der Waals surface area contributed by atoms with Gasteiger partial charge < -0.3 is 10.1 Å². The van der Waals surface area contributed by atoms with E-state index in [4.69, 9.17) is 11.6 Å². The van der Waals surface area contributed by atoms with Crippen LogP contribution in [0.15, 0.2) is 18.2 Å². The van der Waals surface area contributed by atoms with Crippen LogP contribution in [-0.2, 0) is 6.54 Å². The quantitative estimate of drug-likeness (QED) is 0.781. The average molecular weight is 292 g/mol. The zero-order valence-corrected chi connectivity index (χ0v) is 12.2. The third kappa shape index (κ3) is 6.73. The molecule has 0 aliphatic carbocycles. The van der Waals surface area contributed by atoms with Crippen LogP contribution >= 0.6 is 11.6 Å². The minimum Gasteiger partial charge on any atom is -0.434 e. The Balaban J connectivity index is 2.58. The van der Waals surface area contributed by atoms with Gasteiger partial charge in [0.15, 0.2) is 0 Å². The van der Waals surface area contributed by atoms with Crippen LogP contribution in [0.1, 0.15) is 32.8 Å². The Morgan fingerprint density at radius 3 is 2.58 bits per heavy atom. The van der Waals surface area contributed by atoms with E-state index in [1.807, 2.05) is 0 Å². The Kier molecular flexibility index (Phi) is 6.01. The minimum absolute atomic E-state index is 0.169. The van der Waals surface area contributed by atoms with Gasteiger partial charge in [-0.05, 0) is 36.6 Å². The fourth-order valence-corrected chi connectivity index (χ4v) is 1.78. The zero-order chi connectivity index (χ0) is 14.5. The Morgan fingerprint density at radius 1 is 1.32 bits per heavy atom. The molecular formula is C14H20ClF2NO. The summed E-state index contributed by atoms with van der Waals surface area (Å²) in [6.45, 7) is 4.90. The van der Waals surface area contributed by atoms with Crippen molar-refractivity contribution in [2.24, 2.45) is 5.41 Å². The second-order valence-electron chi connectivity index (χ2n) is 5.62. The molecule has 0 atom stereocenters. The number of hydrogen-bond acceptors (Lipinski definition) is 2. The lowest BCUT2D eigenvalue weighted by Gasteiger charge is -2.18. The van der Waals surface area contributed by atoms with E-state index >= 15 is 0 Å². The van der Waals surface area contributed by atoms with Gasteiger partial charge in [-0.25, -0.2) is 0 Å². The van der Waals surface area contributed by atoms with Crippen LogP contribution in [0.3, 0.4) is 0 Å². The standard InChI is InChI=1S/C14H20ClF2NO/c1-14(2,3)6-7-18-9-10-8-11(15)4-5-12(10)19-13(16)17/h4-5,8,13,18H,6-7,9H2,1-3H3. The van der Waals surface area contributed by atoms with Crippen LogP contribution in [0.25, 0.3) is 0 Å². The maximum atomic E-state index is 12.3. The van der Waals surface area contributed by atoms with Crippen LogP contribution < -0.4 is 10.1 Å². The molecule has 19 heavy (non-hydrogen) atoms. The van der Waals surface area contributed by atoms with Gasteiger partial charge >= 0.3 is 6.61 Å². The first kappa shape index (κ1) is 16.2. The van der Waals surface area contributed by atoms with Gasteiger partial charge in [0.2, 0.25) is 0 Å². The Morgan fingerprint density at radius 2 is 2.00 bits per heavy atom. The first-order chi connectivity index (χ1) is 8.78. The predicted octanol–water partition coefficient (Wildman–Crippen LogP) is 4.47. The molecule has 0 amide bonds. The molecule has 0 aliphatic heterocycles. The lowest BCUT2D eigenvalue weighted by molar-refractivity contribution is -0.0504. The number of hydrogen-bond donors (Lipinski definition) is 1. The molecule has 1 N–H and O–H groups in total. The number of nitrogens with one attached hydrogen (secondary N) is 1. The molecule has 5 heteroatoms. The molecule has 0 bridgehead atoms. The normalized spacial score (nSPS) is 11.9. The summed E-state index contributed by atoms with van der Waals surface area (Å²) in [4.78, 5) is 0. The van der Waals surface area contributed by atoms with E-state index in [0.29, 0.717) is 17.1 Å². The monoisotopic (exact) mass is 291 g/mol. The number of halogens is 3.